The molecule has 18 heavy (non-hydrogen) atoms. The van der Waals surface area contributed by atoms with Crippen molar-refractivity contribution >= 4 is 5.69 Å². The molecule has 0 aliphatic carbocycles. The van der Waals surface area contributed by atoms with Gasteiger partial charge in [-0.3, -0.25) is 4.68 Å². The Hall–Kier alpha value is -1.91. The maximum absolute atomic E-state index is 13.7. The third-order valence-electron chi connectivity index (χ3n) is 2.62. The van der Waals surface area contributed by atoms with Crippen molar-refractivity contribution in [2.45, 2.75) is 26.3 Å². The van der Waals surface area contributed by atoms with E-state index in [0.29, 0.717) is 11.4 Å². The van der Waals surface area contributed by atoms with Crippen LogP contribution in [0.1, 0.15) is 20.8 Å². The summed E-state index contributed by atoms with van der Waals surface area (Å²) in [5.74, 6) is -1.29. The molecule has 1 heterocycles. The van der Waals surface area contributed by atoms with Crippen LogP contribution in [0.15, 0.2) is 24.4 Å². The summed E-state index contributed by atoms with van der Waals surface area (Å²) >= 11 is 0. The Bertz CT molecular complexity index is 582. The molecule has 2 rings (SSSR count). The molecular weight excluding hydrogens is 236 g/mol. The van der Waals surface area contributed by atoms with Crippen molar-refractivity contribution in [3.63, 3.8) is 0 Å². The molecular formula is C13H15F2N3. The molecule has 3 nitrogen and oxygen atoms in total. The minimum atomic E-state index is -0.666. The molecule has 2 aromatic rings. The standard InChI is InChI=1S/C13H15F2N3/c1-13(2,3)18-7-11(16)12(17-18)9-5-4-8(14)6-10(9)15/h4-7H,16H2,1-3H3. The first-order chi connectivity index (χ1) is 8.29. The Morgan fingerprint density at radius 3 is 2.39 bits per heavy atom. The average Bonchev–Trinajstić information content (AvgIpc) is 2.60. The average molecular weight is 251 g/mol. The largest absolute Gasteiger partial charge is 0.396 e. The minimum absolute atomic E-state index is 0.205. The highest BCUT2D eigenvalue weighted by atomic mass is 19.1. The molecule has 5 heteroatoms. The molecule has 0 unspecified atom stereocenters. The molecule has 1 aromatic heterocycles. The van der Waals surface area contributed by atoms with Crippen LogP contribution >= 0.6 is 0 Å². The van der Waals surface area contributed by atoms with Gasteiger partial charge in [-0.2, -0.15) is 5.10 Å². The van der Waals surface area contributed by atoms with Gasteiger partial charge in [0.15, 0.2) is 0 Å². The molecule has 0 saturated carbocycles. The summed E-state index contributed by atoms with van der Waals surface area (Å²) in [6, 6.07) is 3.36. The maximum Gasteiger partial charge on any atom is 0.135 e. The van der Waals surface area contributed by atoms with Gasteiger partial charge < -0.3 is 5.73 Å². The summed E-state index contributed by atoms with van der Waals surface area (Å²) in [5.41, 5.74) is 6.50. The zero-order valence-corrected chi connectivity index (χ0v) is 10.5. The van der Waals surface area contributed by atoms with Gasteiger partial charge >= 0.3 is 0 Å². The normalized spacial score (nSPS) is 11.8. The van der Waals surface area contributed by atoms with Crippen molar-refractivity contribution in [2.24, 2.45) is 0 Å². The molecule has 0 spiro atoms. The summed E-state index contributed by atoms with van der Waals surface area (Å²) in [5, 5.41) is 4.27. The number of aromatic nitrogens is 2. The number of nitrogens with zero attached hydrogens (tertiary/aromatic N) is 2. The van der Waals surface area contributed by atoms with Crippen LogP contribution in [0.25, 0.3) is 11.3 Å². The molecule has 0 fully saturated rings. The van der Waals surface area contributed by atoms with Crippen LogP contribution in [-0.2, 0) is 5.54 Å². The number of nitrogen functional groups attached to an aromatic ring is 1. The van der Waals surface area contributed by atoms with Crippen molar-refractivity contribution in [3.8, 4) is 11.3 Å². The van der Waals surface area contributed by atoms with Crippen molar-refractivity contribution in [1.29, 1.82) is 0 Å². The Kier molecular flexibility index (Phi) is 2.84. The van der Waals surface area contributed by atoms with E-state index in [0.717, 1.165) is 6.07 Å². The molecule has 96 valence electrons. The maximum atomic E-state index is 13.7. The lowest BCUT2D eigenvalue weighted by molar-refractivity contribution is 0.356. The van der Waals surface area contributed by atoms with Gasteiger partial charge in [0.05, 0.1) is 11.2 Å². The van der Waals surface area contributed by atoms with Gasteiger partial charge in [0.1, 0.15) is 17.3 Å². The van der Waals surface area contributed by atoms with Crippen LogP contribution in [0, 0.1) is 11.6 Å². The van der Waals surface area contributed by atoms with Crippen LogP contribution in [0.4, 0.5) is 14.5 Å². The predicted molar refractivity (Wildman–Crippen MR) is 67.0 cm³/mol. The predicted octanol–water partition coefficient (Wildman–Crippen LogP) is 3.17. The van der Waals surface area contributed by atoms with E-state index in [1.807, 2.05) is 20.8 Å². The number of anilines is 1. The van der Waals surface area contributed by atoms with Gasteiger partial charge in [0.25, 0.3) is 0 Å². The summed E-state index contributed by atoms with van der Waals surface area (Å²) in [7, 11) is 0. The quantitative estimate of drug-likeness (QED) is 0.846. The number of rotatable bonds is 1. The van der Waals surface area contributed by atoms with Gasteiger partial charge in [-0.25, -0.2) is 8.78 Å². The van der Waals surface area contributed by atoms with Crippen molar-refractivity contribution in [3.05, 3.63) is 36.0 Å². The van der Waals surface area contributed by atoms with Gasteiger partial charge in [0, 0.05) is 17.8 Å². The topological polar surface area (TPSA) is 43.8 Å². The van der Waals surface area contributed by atoms with Gasteiger partial charge in [-0.1, -0.05) is 0 Å². The number of halogens is 2. The van der Waals surface area contributed by atoms with E-state index in [4.69, 9.17) is 5.73 Å². The monoisotopic (exact) mass is 251 g/mol. The van der Waals surface area contributed by atoms with Crippen molar-refractivity contribution in [1.82, 2.24) is 9.78 Å². The number of nitrogens with two attached hydrogens (primary N) is 1. The highest BCUT2D eigenvalue weighted by Crippen LogP contribution is 2.29. The molecule has 0 saturated heterocycles. The van der Waals surface area contributed by atoms with Gasteiger partial charge in [-0.05, 0) is 32.9 Å². The second-order valence-corrected chi connectivity index (χ2v) is 5.17. The second kappa shape index (κ2) is 4.08. The Morgan fingerprint density at radius 2 is 1.89 bits per heavy atom. The first kappa shape index (κ1) is 12.5. The number of hydrogen-bond donors (Lipinski definition) is 1. The molecule has 2 N–H and O–H groups in total. The van der Waals surface area contributed by atoms with E-state index in [9.17, 15) is 8.78 Å². The minimum Gasteiger partial charge on any atom is -0.396 e. The highest BCUT2D eigenvalue weighted by Gasteiger charge is 2.19. The molecule has 0 aliphatic heterocycles. The second-order valence-electron chi connectivity index (χ2n) is 5.17. The molecule has 0 aliphatic rings. The zero-order chi connectivity index (χ0) is 13.5. The number of hydrogen-bond acceptors (Lipinski definition) is 2. The molecule has 0 atom stereocenters. The van der Waals surface area contributed by atoms with Crippen molar-refractivity contribution < 1.29 is 8.78 Å². The lowest BCUT2D eigenvalue weighted by atomic mass is 10.1. The highest BCUT2D eigenvalue weighted by molar-refractivity contribution is 5.72. The Labute approximate surface area is 104 Å². The summed E-state index contributed by atoms with van der Waals surface area (Å²) in [6.07, 6.45) is 1.65. The fourth-order valence-corrected chi connectivity index (χ4v) is 1.62. The van der Waals surface area contributed by atoms with E-state index in [-0.39, 0.29) is 11.1 Å². The van der Waals surface area contributed by atoms with E-state index in [1.54, 1.807) is 10.9 Å². The third kappa shape index (κ3) is 2.20. The van der Waals surface area contributed by atoms with E-state index in [1.165, 1.54) is 12.1 Å². The van der Waals surface area contributed by atoms with E-state index >= 15 is 0 Å². The number of benzene rings is 1. The van der Waals surface area contributed by atoms with Gasteiger partial charge in [0.2, 0.25) is 0 Å². The lowest BCUT2D eigenvalue weighted by Crippen LogP contribution is -2.22. The Balaban J connectivity index is 2.55. The lowest BCUT2D eigenvalue weighted by Gasteiger charge is -2.18. The zero-order valence-electron chi connectivity index (χ0n) is 10.5. The molecule has 1 aromatic carbocycles. The Morgan fingerprint density at radius 1 is 1.22 bits per heavy atom. The van der Waals surface area contributed by atoms with Crippen molar-refractivity contribution in [2.75, 3.05) is 5.73 Å². The van der Waals surface area contributed by atoms with Crippen LogP contribution in [0.2, 0.25) is 0 Å². The van der Waals surface area contributed by atoms with Crippen LogP contribution in [0.5, 0.6) is 0 Å². The SMILES string of the molecule is CC(C)(C)n1cc(N)c(-c2ccc(F)cc2F)n1. The van der Waals surface area contributed by atoms with E-state index < -0.39 is 11.6 Å². The first-order valence-electron chi connectivity index (χ1n) is 5.60. The summed E-state index contributed by atoms with van der Waals surface area (Å²) in [6.45, 7) is 5.89. The third-order valence-corrected chi connectivity index (χ3v) is 2.62. The van der Waals surface area contributed by atoms with Crippen LogP contribution in [-0.4, -0.2) is 9.78 Å². The molecule has 0 radical (unpaired) electrons. The first-order valence-corrected chi connectivity index (χ1v) is 5.60. The molecule has 0 amide bonds. The smallest absolute Gasteiger partial charge is 0.135 e. The fraction of sp³-hybridized carbons (Fsp3) is 0.308. The fourth-order valence-electron chi connectivity index (χ4n) is 1.62. The summed E-state index contributed by atoms with van der Waals surface area (Å²) in [4.78, 5) is 0. The molecule has 0 bridgehead atoms. The van der Waals surface area contributed by atoms with Gasteiger partial charge in [-0.15, -0.1) is 0 Å². The van der Waals surface area contributed by atoms with E-state index in [2.05, 4.69) is 5.10 Å². The summed E-state index contributed by atoms with van der Waals surface area (Å²) < 4.78 is 28.2. The van der Waals surface area contributed by atoms with Crippen LogP contribution in [0.3, 0.4) is 0 Å². The van der Waals surface area contributed by atoms with Crippen LogP contribution < -0.4 is 5.73 Å².